The first-order chi connectivity index (χ1) is 5.29. The quantitative estimate of drug-likeness (QED) is 0.442. The molecule has 0 aliphatic heterocycles. The van der Waals surface area contributed by atoms with Crippen LogP contribution in [-0.2, 0) is 0 Å². The molecule has 0 atom stereocenters. The Morgan fingerprint density at radius 2 is 2.45 bits per heavy atom. The zero-order chi connectivity index (χ0) is 7.84. The second-order valence-electron chi connectivity index (χ2n) is 2.07. The van der Waals surface area contributed by atoms with Gasteiger partial charge in [0.1, 0.15) is 6.33 Å². The molecule has 6 heteroatoms. The summed E-state index contributed by atoms with van der Waals surface area (Å²) in [7, 11) is 0. The molecule has 0 fully saturated rings. The lowest BCUT2D eigenvalue weighted by molar-refractivity contribution is 0.169. The van der Waals surface area contributed by atoms with Crippen LogP contribution >= 0.6 is 0 Å². The Kier molecular flexibility index (Phi) is 0.974. The van der Waals surface area contributed by atoms with E-state index in [1.165, 1.54) is 6.20 Å². The molecule has 2 rings (SSSR count). The fourth-order valence-corrected chi connectivity index (χ4v) is 0.845. The standard InChI is InChI=1S/C5H5N5O/c6-4-3-1-8-9-5(3)7-2-10(4)11/h1-2,6,11H,(H,8,9). The minimum Gasteiger partial charge on any atom is -0.425 e. The molecule has 2 aromatic heterocycles. The molecule has 0 spiro atoms. The molecule has 0 radical (unpaired) electrons. The largest absolute Gasteiger partial charge is 0.425 e. The van der Waals surface area contributed by atoms with E-state index in [-0.39, 0.29) is 5.49 Å². The van der Waals surface area contributed by atoms with Crippen molar-refractivity contribution in [1.82, 2.24) is 19.9 Å². The monoisotopic (exact) mass is 151 g/mol. The van der Waals surface area contributed by atoms with Gasteiger partial charge in [-0.25, -0.2) is 4.98 Å². The Balaban J connectivity index is 3.05. The van der Waals surface area contributed by atoms with Crippen LogP contribution in [0.15, 0.2) is 12.5 Å². The van der Waals surface area contributed by atoms with E-state index in [0.717, 1.165) is 6.33 Å². The van der Waals surface area contributed by atoms with E-state index in [4.69, 9.17) is 10.6 Å². The number of aromatic amines is 1. The smallest absolute Gasteiger partial charge is 0.175 e. The van der Waals surface area contributed by atoms with Crippen LogP contribution in [0.5, 0.6) is 0 Å². The minimum atomic E-state index is -0.0243. The van der Waals surface area contributed by atoms with Crippen LogP contribution in [0, 0.1) is 5.41 Å². The first-order valence-corrected chi connectivity index (χ1v) is 2.93. The highest BCUT2D eigenvalue weighted by atomic mass is 16.5. The van der Waals surface area contributed by atoms with Crippen LogP contribution in [0.1, 0.15) is 0 Å². The van der Waals surface area contributed by atoms with Crippen molar-refractivity contribution >= 4 is 11.0 Å². The number of hydrogen-bond acceptors (Lipinski definition) is 4. The van der Waals surface area contributed by atoms with Gasteiger partial charge in [0.25, 0.3) is 0 Å². The molecule has 0 aliphatic rings. The maximum absolute atomic E-state index is 8.96. The maximum atomic E-state index is 8.96. The van der Waals surface area contributed by atoms with Gasteiger partial charge in [-0.15, -0.1) is 0 Å². The molecular weight excluding hydrogens is 146 g/mol. The van der Waals surface area contributed by atoms with Gasteiger partial charge in [-0.2, -0.15) is 9.83 Å². The summed E-state index contributed by atoms with van der Waals surface area (Å²) in [6, 6.07) is 0. The topological polar surface area (TPSA) is 90.6 Å². The van der Waals surface area contributed by atoms with Gasteiger partial charge >= 0.3 is 0 Å². The summed E-state index contributed by atoms with van der Waals surface area (Å²) in [5.41, 5.74) is 0.476. The first-order valence-electron chi connectivity index (χ1n) is 2.93. The summed E-state index contributed by atoms with van der Waals surface area (Å²) in [4.78, 5) is 3.78. The number of nitrogens with zero attached hydrogens (tertiary/aromatic N) is 3. The molecule has 0 unspecified atom stereocenters. The third-order valence-corrected chi connectivity index (χ3v) is 1.40. The maximum Gasteiger partial charge on any atom is 0.175 e. The third kappa shape index (κ3) is 0.689. The van der Waals surface area contributed by atoms with Crippen LogP contribution in [0.25, 0.3) is 11.0 Å². The molecule has 0 saturated carbocycles. The van der Waals surface area contributed by atoms with Gasteiger partial charge in [0.15, 0.2) is 11.1 Å². The highest BCUT2D eigenvalue weighted by Gasteiger charge is 1.99. The Morgan fingerprint density at radius 3 is 3.27 bits per heavy atom. The summed E-state index contributed by atoms with van der Waals surface area (Å²) in [5, 5.41) is 23.0. The van der Waals surface area contributed by atoms with Crippen molar-refractivity contribution < 1.29 is 5.21 Å². The van der Waals surface area contributed by atoms with Gasteiger partial charge < -0.3 is 5.21 Å². The molecule has 6 nitrogen and oxygen atoms in total. The van der Waals surface area contributed by atoms with Crippen molar-refractivity contribution in [3.05, 3.63) is 18.0 Å². The minimum absolute atomic E-state index is 0.0243. The van der Waals surface area contributed by atoms with E-state index in [0.29, 0.717) is 15.8 Å². The van der Waals surface area contributed by atoms with Crippen molar-refractivity contribution in [2.45, 2.75) is 0 Å². The van der Waals surface area contributed by atoms with Gasteiger partial charge in [0, 0.05) is 0 Å². The summed E-state index contributed by atoms with van der Waals surface area (Å²) >= 11 is 0. The van der Waals surface area contributed by atoms with E-state index in [1.54, 1.807) is 0 Å². The zero-order valence-corrected chi connectivity index (χ0v) is 5.44. The van der Waals surface area contributed by atoms with Crippen LogP contribution in [0.2, 0.25) is 0 Å². The molecule has 56 valence electrons. The lowest BCUT2D eigenvalue weighted by atomic mass is 10.4. The highest BCUT2D eigenvalue weighted by molar-refractivity contribution is 5.71. The van der Waals surface area contributed by atoms with Crippen molar-refractivity contribution in [2.24, 2.45) is 0 Å². The van der Waals surface area contributed by atoms with Crippen LogP contribution in [0.3, 0.4) is 0 Å². The van der Waals surface area contributed by atoms with Crippen molar-refractivity contribution in [2.75, 3.05) is 0 Å². The van der Waals surface area contributed by atoms with E-state index >= 15 is 0 Å². The van der Waals surface area contributed by atoms with E-state index in [2.05, 4.69) is 15.2 Å². The fourth-order valence-electron chi connectivity index (χ4n) is 0.845. The number of rotatable bonds is 0. The van der Waals surface area contributed by atoms with Gasteiger partial charge in [-0.3, -0.25) is 10.5 Å². The molecule has 3 N–H and O–H groups in total. The van der Waals surface area contributed by atoms with Crippen LogP contribution in [0.4, 0.5) is 0 Å². The fraction of sp³-hybridized carbons (Fsp3) is 0. The Hall–Kier alpha value is -1.85. The van der Waals surface area contributed by atoms with E-state index in [1.807, 2.05) is 0 Å². The number of H-pyrrole nitrogens is 1. The van der Waals surface area contributed by atoms with Crippen molar-refractivity contribution in [3.8, 4) is 0 Å². The average Bonchev–Trinajstić information content (AvgIpc) is 2.45. The van der Waals surface area contributed by atoms with Gasteiger partial charge in [-0.05, 0) is 0 Å². The molecule has 2 heterocycles. The Morgan fingerprint density at radius 1 is 1.64 bits per heavy atom. The zero-order valence-electron chi connectivity index (χ0n) is 5.44. The van der Waals surface area contributed by atoms with Crippen molar-refractivity contribution in [1.29, 1.82) is 5.41 Å². The average molecular weight is 151 g/mol. The highest BCUT2D eigenvalue weighted by Crippen LogP contribution is 1.97. The molecular formula is C5H5N5O. The number of nitrogens with one attached hydrogen (secondary N) is 2. The number of aromatic nitrogens is 4. The van der Waals surface area contributed by atoms with E-state index < -0.39 is 0 Å². The Bertz CT molecular complexity index is 441. The SMILES string of the molecule is N=c1c2cn[nH]c2ncn1O. The lowest BCUT2D eigenvalue weighted by Gasteiger charge is -1.93. The lowest BCUT2D eigenvalue weighted by Crippen LogP contribution is -2.17. The van der Waals surface area contributed by atoms with E-state index in [9.17, 15) is 0 Å². The predicted octanol–water partition coefficient (Wildman–Crippen LogP) is -0.524. The summed E-state index contributed by atoms with van der Waals surface area (Å²) in [5.74, 6) is 0. The summed E-state index contributed by atoms with van der Waals surface area (Å²) < 4.78 is 0.637. The van der Waals surface area contributed by atoms with Gasteiger partial charge in [0.2, 0.25) is 0 Å². The van der Waals surface area contributed by atoms with Crippen molar-refractivity contribution in [3.63, 3.8) is 0 Å². The predicted molar refractivity (Wildman–Crippen MR) is 34.9 cm³/mol. The molecule has 0 saturated heterocycles. The number of fused-ring (bicyclic) bond motifs is 1. The molecule has 0 amide bonds. The van der Waals surface area contributed by atoms with Crippen LogP contribution in [-0.4, -0.2) is 25.1 Å². The molecule has 11 heavy (non-hydrogen) atoms. The van der Waals surface area contributed by atoms with Gasteiger partial charge in [-0.1, -0.05) is 0 Å². The van der Waals surface area contributed by atoms with Gasteiger partial charge in [0.05, 0.1) is 11.6 Å². The molecule has 2 aromatic rings. The summed E-state index contributed by atoms with van der Waals surface area (Å²) in [6.45, 7) is 0. The normalized spacial score (nSPS) is 10.5. The molecule has 0 aliphatic carbocycles. The third-order valence-electron chi connectivity index (χ3n) is 1.40. The second-order valence-corrected chi connectivity index (χ2v) is 2.07. The molecule has 0 bridgehead atoms. The second kappa shape index (κ2) is 1.82. The van der Waals surface area contributed by atoms with Crippen LogP contribution < -0.4 is 5.49 Å². The molecule has 0 aromatic carbocycles. The first kappa shape index (κ1) is 5.90. The summed E-state index contributed by atoms with van der Waals surface area (Å²) in [6.07, 6.45) is 2.58. The number of hydrogen-bond donors (Lipinski definition) is 3. The Labute approximate surface area is 60.6 Å².